The number of carboxylic acids is 1. The standard InChI is InChI=1S/C8H10O6/c1-2-3-4(9)5(10)6(11)7(14-3)8(12)13/h1,3-7,9-11H,(H,12,13)/t3-,4-,5+,6+,7-/m0/s1. The minimum absolute atomic E-state index is 1.23. The monoisotopic (exact) mass is 202 g/mol. The van der Waals surface area contributed by atoms with Gasteiger partial charge in [-0.15, -0.1) is 6.42 Å². The summed E-state index contributed by atoms with van der Waals surface area (Å²) in [5, 5.41) is 36.3. The van der Waals surface area contributed by atoms with E-state index in [1.807, 2.05) is 5.92 Å². The second-order valence-corrected chi connectivity index (χ2v) is 2.95. The van der Waals surface area contributed by atoms with Gasteiger partial charge in [0.25, 0.3) is 0 Å². The van der Waals surface area contributed by atoms with Gasteiger partial charge in [-0.2, -0.15) is 0 Å². The lowest BCUT2D eigenvalue weighted by molar-refractivity contribution is -0.215. The number of rotatable bonds is 1. The lowest BCUT2D eigenvalue weighted by Crippen LogP contribution is -2.59. The second kappa shape index (κ2) is 3.94. The zero-order chi connectivity index (χ0) is 10.9. The van der Waals surface area contributed by atoms with E-state index >= 15 is 0 Å². The molecule has 0 aromatic rings. The molecule has 1 rings (SSSR count). The van der Waals surface area contributed by atoms with Crippen LogP contribution < -0.4 is 0 Å². The highest BCUT2D eigenvalue weighted by molar-refractivity contribution is 5.73. The normalized spacial score (nSPS) is 42.9. The van der Waals surface area contributed by atoms with Gasteiger partial charge in [-0.05, 0) is 0 Å². The number of aliphatic hydroxyl groups is 3. The number of hydrogen-bond donors (Lipinski definition) is 4. The van der Waals surface area contributed by atoms with Crippen LogP contribution in [-0.4, -0.2) is 56.9 Å². The lowest BCUT2D eigenvalue weighted by atomic mass is 9.95. The number of aliphatic hydroxyl groups excluding tert-OH is 3. The van der Waals surface area contributed by atoms with Crippen molar-refractivity contribution in [1.29, 1.82) is 0 Å². The van der Waals surface area contributed by atoms with Crippen LogP contribution in [-0.2, 0) is 9.53 Å². The fraction of sp³-hybridized carbons (Fsp3) is 0.625. The van der Waals surface area contributed by atoms with Crippen molar-refractivity contribution >= 4 is 5.97 Å². The van der Waals surface area contributed by atoms with Crippen molar-refractivity contribution in [3.05, 3.63) is 0 Å². The first kappa shape index (κ1) is 10.9. The van der Waals surface area contributed by atoms with Gasteiger partial charge >= 0.3 is 5.97 Å². The lowest BCUT2D eigenvalue weighted by Gasteiger charge is -2.36. The van der Waals surface area contributed by atoms with Crippen LogP contribution in [0, 0.1) is 12.3 Å². The molecule has 5 atom stereocenters. The van der Waals surface area contributed by atoms with E-state index < -0.39 is 36.5 Å². The Kier molecular flexibility index (Phi) is 3.08. The Hall–Kier alpha value is -1.13. The van der Waals surface area contributed by atoms with Crippen LogP contribution >= 0.6 is 0 Å². The fourth-order valence-corrected chi connectivity index (χ4v) is 1.22. The van der Waals surface area contributed by atoms with Gasteiger partial charge in [0.05, 0.1) is 0 Å². The van der Waals surface area contributed by atoms with Crippen LogP contribution in [0.4, 0.5) is 0 Å². The van der Waals surface area contributed by atoms with Crippen molar-refractivity contribution in [3.63, 3.8) is 0 Å². The highest BCUT2D eigenvalue weighted by Gasteiger charge is 2.46. The molecule has 0 aromatic carbocycles. The molecule has 1 aliphatic heterocycles. The van der Waals surface area contributed by atoms with Gasteiger partial charge in [-0.1, -0.05) is 5.92 Å². The Morgan fingerprint density at radius 1 is 1.21 bits per heavy atom. The van der Waals surface area contributed by atoms with Crippen LogP contribution in [0.15, 0.2) is 0 Å². The average Bonchev–Trinajstić information content (AvgIpc) is 2.14. The molecule has 0 spiro atoms. The highest BCUT2D eigenvalue weighted by atomic mass is 16.6. The number of hydrogen-bond acceptors (Lipinski definition) is 5. The van der Waals surface area contributed by atoms with E-state index in [1.54, 1.807) is 0 Å². The molecular formula is C8H10O6. The van der Waals surface area contributed by atoms with Crippen molar-refractivity contribution in [1.82, 2.24) is 0 Å². The maximum atomic E-state index is 10.5. The molecule has 1 heterocycles. The van der Waals surface area contributed by atoms with Gasteiger partial charge in [0.15, 0.2) is 6.10 Å². The summed E-state index contributed by atoms with van der Waals surface area (Å²) in [5.74, 6) is 0.542. The third kappa shape index (κ3) is 1.71. The molecule has 0 saturated carbocycles. The van der Waals surface area contributed by atoms with Gasteiger partial charge in [0.1, 0.15) is 24.4 Å². The molecule has 14 heavy (non-hydrogen) atoms. The Morgan fingerprint density at radius 2 is 1.79 bits per heavy atom. The van der Waals surface area contributed by atoms with Crippen LogP contribution in [0.25, 0.3) is 0 Å². The molecule has 6 heteroatoms. The predicted molar refractivity (Wildman–Crippen MR) is 43.2 cm³/mol. The van der Waals surface area contributed by atoms with Gasteiger partial charge < -0.3 is 25.2 Å². The molecule has 0 radical (unpaired) electrons. The maximum absolute atomic E-state index is 10.5. The summed E-state index contributed by atoms with van der Waals surface area (Å²) in [7, 11) is 0. The van der Waals surface area contributed by atoms with Crippen molar-refractivity contribution in [3.8, 4) is 12.3 Å². The zero-order valence-electron chi connectivity index (χ0n) is 7.07. The molecule has 1 aliphatic rings. The van der Waals surface area contributed by atoms with E-state index in [9.17, 15) is 20.1 Å². The molecule has 6 nitrogen and oxygen atoms in total. The third-order valence-electron chi connectivity index (χ3n) is 2.02. The second-order valence-electron chi connectivity index (χ2n) is 2.95. The molecule has 1 fully saturated rings. The van der Waals surface area contributed by atoms with E-state index in [4.69, 9.17) is 16.3 Å². The summed E-state index contributed by atoms with van der Waals surface area (Å²) in [6.45, 7) is 0. The number of carboxylic acid groups (broad SMARTS) is 1. The topological polar surface area (TPSA) is 107 Å². The average molecular weight is 202 g/mol. The first-order valence-corrected chi connectivity index (χ1v) is 3.87. The summed E-state index contributed by atoms with van der Waals surface area (Å²) >= 11 is 0. The van der Waals surface area contributed by atoms with Crippen LogP contribution in [0.5, 0.6) is 0 Å². The minimum Gasteiger partial charge on any atom is -0.479 e. The van der Waals surface area contributed by atoms with Crippen LogP contribution in [0.1, 0.15) is 0 Å². The van der Waals surface area contributed by atoms with Gasteiger partial charge in [0, 0.05) is 0 Å². The Balaban J connectivity index is 2.85. The Bertz CT molecular complexity index is 269. The SMILES string of the molecule is C#C[C@@H]1O[C@H](C(=O)O)[C@H](O)[C@H](O)[C@H]1O. The quantitative estimate of drug-likeness (QED) is 0.352. The first-order chi connectivity index (χ1) is 6.49. The number of carbonyl (C=O) groups is 1. The molecular weight excluding hydrogens is 192 g/mol. The summed E-state index contributed by atoms with van der Waals surface area (Å²) in [6, 6.07) is 0. The molecule has 1 saturated heterocycles. The van der Waals surface area contributed by atoms with Crippen molar-refractivity contribution < 1.29 is 30.0 Å². The van der Waals surface area contributed by atoms with E-state index in [2.05, 4.69) is 0 Å². The number of terminal acetylenes is 1. The third-order valence-corrected chi connectivity index (χ3v) is 2.02. The first-order valence-electron chi connectivity index (χ1n) is 3.87. The minimum atomic E-state index is -1.69. The largest absolute Gasteiger partial charge is 0.479 e. The molecule has 0 bridgehead atoms. The highest BCUT2D eigenvalue weighted by Crippen LogP contribution is 2.20. The summed E-state index contributed by atoms with van der Waals surface area (Å²) < 4.78 is 4.70. The summed E-state index contributed by atoms with van der Waals surface area (Å²) in [5.41, 5.74) is 0. The molecule has 4 N–H and O–H groups in total. The number of aliphatic carboxylic acids is 1. The van der Waals surface area contributed by atoms with Crippen molar-refractivity contribution in [2.45, 2.75) is 30.5 Å². The van der Waals surface area contributed by atoms with E-state index in [1.165, 1.54) is 0 Å². The summed E-state index contributed by atoms with van der Waals surface area (Å²) in [4.78, 5) is 10.5. The number of ether oxygens (including phenoxy) is 1. The maximum Gasteiger partial charge on any atom is 0.335 e. The molecule has 0 aromatic heterocycles. The van der Waals surface area contributed by atoms with Gasteiger partial charge in [0.2, 0.25) is 0 Å². The van der Waals surface area contributed by atoms with Gasteiger partial charge in [-0.25, -0.2) is 4.79 Å². The fourth-order valence-electron chi connectivity index (χ4n) is 1.22. The van der Waals surface area contributed by atoms with E-state index in [-0.39, 0.29) is 0 Å². The van der Waals surface area contributed by atoms with Crippen LogP contribution in [0.3, 0.4) is 0 Å². The zero-order valence-corrected chi connectivity index (χ0v) is 7.07. The molecule has 0 unspecified atom stereocenters. The molecule has 0 aliphatic carbocycles. The van der Waals surface area contributed by atoms with E-state index in [0.717, 1.165) is 0 Å². The van der Waals surface area contributed by atoms with Gasteiger partial charge in [-0.3, -0.25) is 0 Å². The van der Waals surface area contributed by atoms with Crippen molar-refractivity contribution in [2.75, 3.05) is 0 Å². The molecule has 78 valence electrons. The smallest absolute Gasteiger partial charge is 0.335 e. The van der Waals surface area contributed by atoms with Crippen molar-refractivity contribution in [2.24, 2.45) is 0 Å². The summed E-state index contributed by atoms with van der Waals surface area (Å²) in [6.07, 6.45) is -2.69. The van der Waals surface area contributed by atoms with Crippen LogP contribution in [0.2, 0.25) is 0 Å². The Labute approximate surface area is 79.7 Å². The van der Waals surface area contributed by atoms with E-state index in [0.29, 0.717) is 0 Å². The Morgan fingerprint density at radius 3 is 2.21 bits per heavy atom. The molecule has 0 amide bonds. The predicted octanol–water partition coefficient (Wildman–Crippen LogP) is -2.45.